The summed E-state index contributed by atoms with van der Waals surface area (Å²) in [6.07, 6.45) is 5.75. The van der Waals surface area contributed by atoms with Crippen LogP contribution >= 0.6 is 24.0 Å². The molecule has 2 rings (SSSR count). The maximum atomic E-state index is 12.5. The van der Waals surface area contributed by atoms with Crippen molar-refractivity contribution in [1.29, 1.82) is 0 Å². The Balaban J connectivity index is 1.89. The lowest BCUT2D eigenvalue weighted by atomic mass is 10.3. The molecule has 0 aliphatic carbocycles. The molecule has 0 amide bonds. The first-order valence-corrected chi connectivity index (χ1v) is 10.9. The molecule has 1 heterocycles. The van der Waals surface area contributed by atoms with Gasteiger partial charge in [-0.2, -0.15) is 16.1 Å². The van der Waals surface area contributed by atoms with E-state index >= 15 is 0 Å². The molecule has 0 atom stereocenters. The van der Waals surface area contributed by atoms with Gasteiger partial charge in [0.15, 0.2) is 5.11 Å². The molecular formula is C15H22N4O3S3. The van der Waals surface area contributed by atoms with Crippen molar-refractivity contribution < 1.29 is 13.2 Å². The molecule has 0 spiro atoms. The van der Waals surface area contributed by atoms with Crippen LogP contribution in [0.4, 0.5) is 5.69 Å². The monoisotopic (exact) mass is 402 g/mol. The van der Waals surface area contributed by atoms with Crippen molar-refractivity contribution in [3.05, 3.63) is 36.5 Å². The van der Waals surface area contributed by atoms with Crippen molar-refractivity contribution in [2.24, 2.45) is 0 Å². The number of morpholine rings is 1. The number of hydrogen-bond acceptors (Lipinski definition) is 6. The molecule has 1 aliphatic rings. The van der Waals surface area contributed by atoms with E-state index in [1.54, 1.807) is 42.2 Å². The summed E-state index contributed by atoms with van der Waals surface area (Å²) in [5.74, 6) is 0.911. The number of anilines is 1. The molecule has 0 radical (unpaired) electrons. The molecule has 1 aliphatic heterocycles. The van der Waals surface area contributed by atoms with Gasteiger partial charge in [0.25, 0.3) is 0 Å². The number of ether oxygens (including phenoxy) is 1. The summed E-state index contributed by atoms with van der Waals surface area (Å²) in [6, 6.07) is 6.51. The second-order valence-electron chi connectivity index (χ2n) is 5.12. The van der Waals surface area contributed by atoms with Crippen molar-refractivity contribution in [1.82, 2.24) is 15.2 Å². The highest BCUT2D eigenvalue weighted by Gasteiger charge is 2.26. The summed E-state index contributed by atoms with van der Waals surface area (Å²) in [5, 5.41) is 3.37. The highest BCUT2D eigenvalue weighted by Crippen LogP contribution is 2.19. The normalized spacial score (nSPS) is 15.9. The number of hydrogen-bond donors (Lipinski definition) is 3. The molecular weight excluding hydrogens is 380 g/mol. The molecule has 0 bridgehead atoms. The van der Waals surface area contributed by atoms with Gasteiger partial charge in [0.1, 0.15) is 0 Å². The fraction of sp³-hybridized carbons (Fsp3) is 0.400. The minimum absolute atomic E-state index is 0.261. The second-order valence-corrected chi connectivity index (χ2v) is 8.38. The maximum Gasteiger partial charge on any atom is 0.243 e. The first-order valence-electron chi connectivity index (χ1n) is 7.68. The molecule has 10 heteroatoms. The number of sulfonamides is 1. The first-order chi connectivity index (χ1) is 12.0. The molecule has 1 aromatic carbocycles. The SMILES string of the molecule is CSCC=CNNC(=S)Nc1ccc(S(=O)(=O)N2CCOCC2)cc1. The van der Waals surface area contributed by atoms with Crippen molar-refractivity contribution in [2.75, 3.05) is 43.6 Å². The van der Waals surface area contributed by atoms with E-state index in [1.807, 2.05) is 12.3 Å². The first kappa shape index (κ1) is 20.0. The van der Waals surface area contributed by atoms with E-state index < -0.39 is 10.0 Å². The van der Waals surface area contributed by atoms with Crippen molar-refractivity contribution in [3.63, 3.8) is 0 Å². The third kappa shape index (κ3) is 6.15. The van der Waals surface area contributed by atoms with E-state index in [1.165, 1.54) is 4.31 Å². The van der Waals surface area contributed by atoms with Crippen LogP contribution in [0.5, 0.6) is 0 Å². The van der Waals surface area contributed by atoms with Crippen molar-refractivity contribution in [2.45, 2.75) is 4.90 Å². The van der Waals surface area contributed by atoms with E-state index in [4.69, 9.17) is 17.0 Å². The third-order valence-corrected chi connectivity index (χ3v) is 6.01. The Morgan fingerprint density at radius 1 is 1.32 bits per heavy atom. The maximum absolute atomic E-state index is 12.5. The molecule has 3 N–H and O–H groups in total. The van der Waals surface area contributed by atoms with E-state index in [0.717, 1.165) is 5.75 Å². The van der Waals surface area contributed by atoms with E-state index in [9.17, 15) is 8.42 Å². The highest BCUT2D eigenvalue weighted by atomic mass is 32.2. The molecule has 1 aromatic rings. The molecule has 138 valence electrons. The summed E-state index contributed by atoms with van der Waals surface area (Å²) < 4.78 is 31.7. The number of nitrogens with zero attached hydrogens (tertiary/aromatic N) is 1. The van der Waals surface area contributed by atoms with Gasteiger partial charge in [-0.05, 0) is 42.7 Å². The topological polar surface area (TPSA) is 82.7 Å². The average Bonchev–Trinajstić information content (AvgIpc) is 2.63. The van der Waals surface area contributed by atoms with E-state index in [2.05, 4.69) is 16.2 Å². The van der Waals surface area contributed by atoms with Gasteiger partial charge < -0.3 is 15.5 Å². The number of rotatable bonds is 7. The fourth-order valence-corrected chi connectivity index (χ4v) is 3.99. The van der Waals surface area contributed by atoms with Crippen LogP contribution in [0.1, 0.15) is 0 Å². The Hall–Kier alpha value is -1.33. The van der Waals surface area contributed by atoms with Crippen LogP contribution in [0, 0.1) is 0 Å². The minimum atomic E-state index is -3.48. The molecule has 0 aromatic heterocycles. The largest absolute Gasteiger partial charge is 0.379 e. The zero-order valence-electron chi connectivity index (χ0n) is 13.9. The van der Waals surface area contributed by atoms with Crippen LogP contribution in [0.2, 0.25) is 0 Å². The summed E-state index contributed by atoms with van der Waals surface area (Å²) in [4.78, 5) is 0.261. The Labute approximate surface area is 158 Å². The molecule has 0 saturated carbocycles. The van der Waals surface area contributed by atoms with Gasteiger partial charge in [0.05, 0.1) is 18.1 Å². The molecule has 7 nitrogen and oxygen atoms in total. The van der Waals surface area contributed by atoms with Crippen LogP contribution in [-0.4, -0.2) is 56.1 Å². The molecule has 1 fully saturated rings. The van der Waals surface area contributed by atoms with Crippen LogP contribution < -0.4 is 16.2 Å². The van der Waals surface area contributed by atoms with Crippen LogP contribution in [0.3, 0.4) is 0 Å². The number of benzene rings is 1. The Morgan fingerprint density at radius 2 is 2.00 bits per heavy atom. The van der Waals surface area contributed by atoms with Gasteiger partial charge in [-0.25, -0.2) is 8.42 Å². The van der Waals surface area contributed by atoms with E-state index in [0.29, 0.717) is 37.1 Å². The molecule has 1 saturated heterocycles. The van der Waals surface area contributed by atoms with Crippen molar-refractivity contribution in [3.8, 4) is 0 Å². The van der Waals surface area contributed by atoms with Crippen LogP contribution in [-0.2, 0) is 14.8 Å². The molecule has 25 heavy (non-hydrogen) atoms. The van der Waals surface area contributed by atoms with Gasteiger partial charge in [-0.1, -0.05) is 6.08 Å². The fourth-order valence-electron chi connectivity index (χ4n) is 2.12. The lowest BCUT2D eigenvalue weighted by Gasteiger charge is -2.26. The van der Waals surface area contributed by atoms with Gasteiger partial charge in [-0.15, -0.1) is 0 Å². The second kappa shape index (κ2) is 9.97. The van der Waals surface area contributed by atoms with Gasteiger partial charge in [0, 0.05) is 30.7 Å². The summed E-state index contributed by atoms with van der Waals surface area (Å²) >= 11 is 6.87. The number of thioether (sulfide) groups is 1. The van der Waals surface area contributed by atoms with Gasteiger partial charge in [-0.3, -0.25) is 5.43 Å². The number of thiocarbonyl (C=S) groups is 1. The minimum Gasteiger partial charge on any atom is -0.379 e. The smallest absolute Gasteiger partial charge is 0.243 e. The Kier molecular flexibility index (Phi) is 7.97. The number of nitrogens with one attached hydrogen (secondary N) is 3. The third-order valence-electron chi connectivity index (χ3n) is 3.37. The quantitative estimate of drug-likeness (QED) is 0.466. The number of hydrazine groups is 1. The predicted molar refractivity (Wildman–Crippen MR) is 106 cm³/mol. The highest BCUT2D eigenvalue weighted by molar-refractivity contribution is 7.98. The van der Waals surface area contributed by atoms with Crippen molar-refractivity contribution >= 4 is 44.8 Å². The van der Waals surface area contributed by atoms with Gasteiger partial charge in [0.2, 0.25) is 10.0 Å². The van der Waals surface area contributed by atoms with Crippen LogP contribution in [0.25, 0.3) is 0 Å². The standard InChI is InChI=1S/C15H22N4O3S3/c1-24-12-2-7-16-18-15(23)17-13-3-5-14(6-4-13)25(20,21)19-8-10-22-11-9-19/h2-7,16H,8-12H2,1H3,(H2,17,18,23). The summed E-state index contributed by atoms with van der Waals surface area (Å²) in [7, 11) is -3.48. The Morgan fingerprint density at radius 3 is 2.64 bits per heavy atom. The average molecular weight is 403 g/mol. The Bertz CT molecular complexity index is 686. The van der Waals surface area contributed by atoms with Gasteiger partial charge >= 0.3 is 0 Å². The molecule has 0 unspecified atom stereocenters. The predicted octanol–water partition coefficient (Wildman–Crippen LogP) is 1.38. The summed E-state index contributed by atoms with van der Waals surface area (Å²) in [5.41, 5.74) is 6.38. The van der Waals surface area contributed by atoms with Crippen LogP contribution in [0.15, 0.2) is 41.4 Å². The zero-order chi connectivity index (χ0) is 18.1. The zero-order valence-corrected chi connectivity index (χ0v) is 16.3. The lowest BCUT2D eigenvalue weighted by Crippen LogP contribution is -2.40. The summed E-state index contributed by atoms with van der Waals surface area (Å²) in [6.45, 7) is 1.62. The lowest BCUT2D eigenvalue weighted by molar-refractivity contribution is 0.0730. The van der Waals surface area contributed by atoms with E-state index in [-0.39, 0.29) is 4.90 Å².